The summed E-state index contributed by atoms with van der Waals surface area (Å²) >= 11 is 5.68. The van der Waals surface area contributed by atoms with Crippen molar-refractivity contribution < 1.29 is 0 Å². The lowest BCUT2D eigenvalue weighted by Gasteiger charge is -2.26. The molecule has 1 saturated heterocycles. The molecule has 0 aliphatic carbocycles. The van der Waals surface area contributed by atoms with Gasteiger partial charge in [0.2, 0.25) is 0 Å². The summed E-state index contributed by atoms with van der Waals surface area (Å²) in [6, 6.07) is 8.04. The zero-order valence-electron chi connectivity index (χ0n) is 13.5. The van der Waals surface area contributed by atoms with E-state index in [2.05, 4.69) is 4.90 Å². The Morgan fingerprint density at radius 1 is 0.957 bits per heavy atom. The van der Waals surface area contributed by atoms with Crippen LogP contribution in [0.1, 0.15) is 19.3 Å². The predicted molar refractivity (Wildman–Crippen MR) is 96.3 cm³/mol. The quantitative estimate of drug-likeness (QED) is 0.600. The van der Waals surface area contributed by atoms with Crippen LogP contribution in [0.3, 0.4) is 0 Å². The molecule has 0 spiro atoms. The smallest absolute Gasteiger partial charge is 0.302 e. The highest BCUT2D eigenvalue weighted by atomic mass is 35.5. The van der Waals surface area contributed by atoms with Crippen LogP contribution in [0.15, 0.2) is 41.2 Å². The van der Waals surface area contributed by atoms with Crippen LogP contribution in [0.2, 0.25) is 0 Å². The number of aromatic nitrogens is 2. The summed E-state index contributed by atoms with van der Waals surface area (Å²) in [5.41, 5.74) is 2.09. The van der Waals surface area contributed by atoms with Crippen LogP contribution in [0.4, 0.5) is 0 Å². The van der Waals surface area contributed by atoms with E-state index >= 15 is 0 Å². The number of alkyl halides is 1. The molecule has 1 fully saturated rings. The Morgan fingerprint density at radius 2 is 1.65 bits per heavy atom. The van der Waals surface area contributed by atoms with E-state index in [0.29, 0.717) is 12.4 Å². The highest BCUT2D eigenvalue weighted by molar-refractivity contribution is 6.18. The predicted octanol–water partition coefficient (Wildman–Crippen LogP) is 3.08. The van der Waals surface area contributed by atoms with Crippen LogP contribution in [0, 0.1) is 0 Å². The van der Waals surface area contributed by atoms with E-state index in [1.165, 1.54) is 19.3 Å². The van der Waals surface area contributed by atoms with Gasteiger partial charge in [0.25, 0.3) is 0 Å². The van der Waals surface area contributed by atoms with Gasteiger partial charge in [0.05, 0.1) is 11.0 Å². The third-order valence-corrected chi connectivity index (χ3v) is 4.74. The van der Waals surface area contributed by atoms with Gasteiger partial charge < -0.3 is 4.90 Å². The zero-order chi connectivity index (χ0) is 16.1. The summed E-state index contributed by atoms with van der Waals surface area (Å²) in [6.07, 6.45) is 7.73. The first-order valence-electron chi connectivity index (χ1n) is 8.42. The number of allylic oxidation sites excluding steroid dienone is 2. The van der Waals surface area contributed by atoms with Crippen LogP contribution in [-0.2, 0) is 13.1 Å². The number of hydrogen-bond donors (Lipinski definition) is 0. The summed E-state index contributed by atoms with van der Waals surface area (Å²) in [6.45, 7) is 4.59. The molecule has 5 heteroatoms. The van der Waals surface area contributed by atoms with Gasteiger partial charge in [-0.25, -0.2) is 4.79 Å². The van der Waals surface area contributed by atoms with Gasteiger partial charge in [0.15, 0.2) is 0 Å². The lowest BCUT2D eigenvalue weighted by atomic mass is 10.1. The maximum Gasteiger partial charge on any atom is 0.329 e. The molecule has 2 heterocycles. The fourth-order valence-corrected chi connectivity index (χ4v) is 3.46. The van der Waals surface area contributed by atoms with E-state index in [-0.39, 0.29) is 5.69 Å². The van der Waals surface area contributed by atoms with Gasteiger partial charge in [-0.2, -0.15) is 0 Å². The Morgan fingerprint density at radius 3 is 2.35 bits per heavy atom. The number of rotatable bonds is 6. The van der Waals surface area contributed by atoms with Gasteiger partial charge >= 0.3 is 5.69 Å². The Kier molecular flexibility index (Phi) is 5.57. The van der Waals surface area contributed by atoms with Crippen LogP contribution >= 0.6 is 11.6 Å². The summed E-state index contributed by atoms with van der Waals surface area (Å²) in [7, 11) is 0. The first-order valence-corrected chi connectivity index (χ1v) is 8.96. The third kappa shape index (κ3) is 3.70. The first kappa shape index (κ1) is 16.3. The van der Waals surface area contributed by atoms with E-state index in [0.717, 1.165) is 37.2 Å². The number of imidazole rings is 1. The normalized spacial score (nSPS) is 16.6. The fraction of sp³-hybridized carbons (Fsp3) is 0.500. The standard InChI is InChI=1S/C18H24ClN3O/c19-10-4-7-13-21-16-8-2-3-9-17(16)22(18(21)23)15-14-20-11-5-1-6-12-20/h2-4,7-9H,1,5-6,10-15H2/b7-4+. The van der Waals surface area contributed by atoms with E-state index in [4.69, 9.17) is 11.6 Å². The molecule has 1 aromatic carbocycles. The lowest BCUT2D eigenvalue weighted by Crippen LogP contribution is -2.35. The number of benzene rings is 1. The van der Waals surface area contributed by atoms with Gasteiger partial charge in [0.1, 0.15) is 0 Å². The summed E-state index contributed by atoms with van der Waals surface area (Å²) in [5, 5.41) is 0. The number of halogens is 1. The topological polar surface area (TPSA) is 30.2 Å². The van der Waals surface area contributed by atoms with Crippen molar-refractivity contribution in [3.05, 3.63) is 46.9 Å². The molecule has 0 amide bonds. The van der Waals surface area contributed by atoms with Gasteiger partial charge in [-0.3, -0.25) is 9.13 Å². The molecule has 0 saturated carbocycles. The highest BCUT2D eigenvalue weighted by Crippen LogP contribution is 2.14. The number of hydrogen-bond acceptors (Lipinski definition) is 2. The molecule has 23 heavy (non-hydrogen) atoms. The second kappa shape index (κ2) is 7.84. The summed E-state index contributed by atoms with van der Waals surface area (Å²) < 4.78 is 3.74. The second-order valence-corrected chi connectivity index (χ2v) is 6.37. The fourth-order valence-electron chi connectivity index (χ4n) is 3.33. The van der Waals surface area contributed by atoms with Crippen molar-refractivity contribution in [2.24, 2.45) is 0 Å². The van der Waals surface area contributed by atoms with Crippen molar-refractivity contribution in [1.82, 2.24) is 14.0 Å². The van der Waals surface area contributed by atoms with Crippen molar-refractivity contribution in [3.63, 3.8) is 0 Å². The van der Waals surface area contributed by atoms with Gasteiger partial charge in [-0.15, -0.1) is 11.6 Å². The zero-order valence-corrected chi connectivity index (χ0v) is 14.2. The molecular formula is C18H24ClN3O. The van der Waals surface area contributed by atoms with E-state index in [1.807, 2.05) is 45.6 Å². The maximum atomic E-state index is 12.8. The number of likely N-dealkylation sites (tertiary alicyclic amines) is 1. The molecule has 0 radical (unpaired) electrons. The Hall–Kier alpha value is -1.52. The average molecular weight is 334 g/mol. The molecule has 0 N–H and O–H groups in total. The lowest BCUT2D eigenvalue weighted by molar-refractivity contribution is 0.220. The molecular weight excluding hydrogens is 310 g/mol. The summed E-state index contributed by atoms with van der Waals surface area (Å²) in [4.78, 5) is 15.3. The summed E-state index contributed by atoms with van der Waals surface area (Å²) in [5.74, 6) is 0.475. The highest BCUT2D eigenvalue weighted by Gasteiger charge is 2.14. The average Bonchev–Trinajstić information content (AvgIpc) is 2.86. The maximum absolute atomic E-state index is 12.8. The van der Waals surface area contributed by atoms with Crippen molar-refractivity contribution in [2.45, 2.75) is 32.4 Å². The van der Waals surface area contributed by atoms with Crippen LogP contribution in [0.25, 0.3) is 11.0 Å². The Labute approximate surface area is 142 Å². The Bertz CT molecular complexity index is 725. The number of fused-ring (bicyclic) bond motifs is 1. The third-order valence-electron chi connectivity index (χ3n) is 4.56. The van der Waals surface area contributed by atoms with Gasteiger partial charge in [-0.05, 0) is 38.1 Å². The Balaban J connectivity index is 1.85. The minimum atomic E-state index is 0.0717. The van der Waals surface area contributed by atoms with Gasteiger partial charge in [-0.1, -0.05) is 30.7 Å². The molecule has 4 nitrogen and oxygen atoms in total. The minimum absolute atomic E-state index is 0.0717. The van der Waals surface area contributed by atoms with Crippen molar-refractivity contribution in [2.75, 3.05) is 25.5 Å². The molecule has 0 atom stereocenters. The molecule has 1 aliphatic rings. The van der Waals surface area contributed by atoms with Crippen molar-refractivity contribution in [1.29, 1.82) is 0 Å². The van der Waals surface area contributed by atoms with E-state index in [1.54, 1.807) is 0 Å². The van der Waals surface area contributed by atoms with Crippen LogP contribution < -0.4 is 5.69 Å². The van der Waals surface area contributed by atoms with Crippen LogP contribution in [0.5, 0.6) is 0 Å². The first-order chi connectivity index (χ1) is 11.3. The number of nitrogens with zero attached hydrogens (tertiary/aromatic N) is 3. The number of piperidine rings is 1. The molecule has 0 bridgehead atoms. The largest absolute Gasteiger partial charge is 0.329 e. The molecule has 124 valence electrons. The SMILES string of the molecule is O=c1n(C/C=C/CCl)c2ccccc2n1CCN1CCCCC1. The second-order valence-electron chi connectivity index (χ2n) is 6.06. The van der Waals surface area contributed by atoms with Crippen LogP contribution in [-0.4, -0.2) is 39.5 Å². The van der Waals surface area contributed by atoms with Crippen molar-refractivity contribution in [3.8, 4) is 0 Å². The van der Waals surface area contributed by atoms with Gasteiger partial charge in [0, 0.05) is 25.5 Å². The molecule has 1 aliphatic heterocycles. The molecule has 0 unspecified atom stereocenters. The monoisotopic (exact) mass is 333 g/mol. The molecule has 1 aromatic heterocycles. The van der Waals surface area contributed by atoms with E-state index in [9.17, 15) is 4.79 Å². The number of para-hydroxylation sites is 2. The van der Waals surface area contributed by atoms with E-state index < -0.39 is 0 Å². The molecule has 3 rings (SSSR count). The minimum Gasteiger partial charge on any atom is -0.302 e. The molecule has 2 aromatic rings. The van der Waals surface area contributed by atoms with Crippen molar-refractivity contribution >= 4 is 22.6 Å².